The summed E-state index contributed by atoms with van der Waals surface area (Å²) < 4.78 is 10.5. The van der Waals surface area contributed by atoms with E-state index in [2.05, 4.69) is 4.98 Å². The van der Waals surface area contributed by atoms with E-state index in [1.165, 1.54) is 0 Å². The first-order valence-corrected chi connectivity index (χ1v) is 5.73. The van der Waals surface area contributed by atoms with E-state index in [4.69, 9.17) is 14.9 Å². The van der Waals surface area contributed by atoms with Crippen molar-refractivity contribution in [1.82, 2.24) is 4.98 Å². The van der Waals surface area contributed by atoms with E-state index >= 15 is 0 Å². The summed E-state index contributed by atoms with van der Waals surface area (Å²) >= 11 is 0. The molecule has 1 amide bonds. The van der Waals surface area contributed by atoms with Crippen molar-refractivity contribution in [2.24, 2.45) is 5.73 Å². The molecule has 94 valence electrons. The number of hydrogen-bond acceptors (Lipinski definition) is 5. The maximum absolute atomic E-state index is 11.7. The van der Waals surface area contributed by atoms with Crippen LogP contribution in [-0.4, -0.2) is 30.3 Å². The summed E-state index contributed by atoms with van der Waals surface area (Å²) in [6, 6.07) is 5.42. The lowest BCUT2D eigenvalue weighted by atomic mass is 10.2. The van der Waals surface area contributed by atoms with Gasteiger partial charge in [0.2, 0.25) is 0 Å². The fourth-order valence-corrected chi connectivity index (χ4v) is 2.05. The van der Waals surface area contributed by atoms with Crippen molar-refractivity contribution in [1.29, 1.82) is 0 Å². The van der Waals surface area contributed by atoms with Crippen LogP contribution in [0, 0.1) is 6.92 Å². The molecule has 0 spiro atoms. The molecule has 1 fully saturated rings. The molecule has 1 aliphatic heterocycles. The number of rotatable bonds is 2. The Morgan fingerprint density at radius 2 is 2.39 bits per heavy atom. The van der Waals surface area contributed by atoms with Crippen LogP contribution >= 0.6 is 0 Å². The van der Waals surface area contributed by atoms with Crippen molar-refractivity contribution in [2.45, 2.75) is 13.0 Å². The third-order valence-electron chi connectivity index (χ3n) is 2.93. The highest BCUT2D eigenvalue weighted by atomic mass is 16.6. The molecule has 6 nitrogen and oxygen atoms in total. The number of nitrogens with zero attached hydrogens (tertiary/aromatic N) is 2. The normalized spacial score (nSPS) is 19.6. The van der Waals surface area contributed by atoms with Crippen molar-refractivity contribution in [3.8, 4) is 0 Å². The van der Waals surface area contributed by atoms with Gasteiger partial charge in [0.1, 0.15) is 11.6 Å². The van der Waals surface area contributed by atoms with Crippen LogP contribution in [0.3, 0.4) is 0 Å². The van der Waals surface area contributed by atoms with Gasteiger partial charge in [-0.3, -0.25) is 4.90 Å². The van der Waals surface area contributed by atoms with Gasteiger partial charge in [0, 0.05) is 19.2 Å². The van der Waals surface area contributed by atoms with Gasteiger partial charge in [0.25, 0.3) is 0 Å². The number of aryl methyl sites for hydroxylation is 1. The Kier molecular flexibility index (Phi) is 2.45. The topological polar surface area (TPSA) is 81.6 Å². The minimum atomic E-state index is -0.370. The molecule has 1 atom stereocenters. The standard InChI is InChI=1S/C12H13N3O3/c1-7-14-10-4-8(2-3-11(10)17-7)15-6-9(5-13)18-12(15)16/h2-4,9H,5-6,13H2,1H3. The Morgan fingerprint density at radius 1 is 1.56 bits per heavy atom. The first-order valence-electron chi connectivity index (χ1n) is 5.73. The molecular formula is C12H13N3O3. The molecule has 0 bridgehead atoms. The number of carbonyl (C=O) groups is 1. The number of amides is 1. The lowest BCUT2D eigenvalue weighted by molar-refractivity contribution is 0.145. The van der Waals surface area contributed by atoms with E-state index in [9.17, 15) is 4.79 Å². The monoisotopic (exact) mass is 247 g/mol. The molecule has 18 heavy (non-hydrogen) atoms. The minimum Gasteiger partial charge on any atom is -0.443 e. The van der Waals surface area contributed by atoms with E-state index in [1.54, 1.807) is 17.9 Å². The van der Waals surface area contributed by atoms with Gasteiger partial charge in [0.05, 0.1) is 6.54 Å². The summed E-state index contributed by atoms with van der Waals surface area (Å²) in [6.07, 6.45) is -0.614. The maximum Gasteiger partial charge on any atom is 0.414 e. The second-order valence-corrected chi connectivity index (χ2v) is 4.24. The highest BCUT2D eigenvalue weighted by Crippen LogP contribution is 2.25. The van der Waals surface area contributed by atoms with E-state index in [0.717, 1.165) is 11.2 Å². The van der Waals surface area contributed by atoms with Crippen LogP contribution in [0.1, 0.15) is 5.89 Å². The number of anilines is 1. The summed E-state index contributed by atoms with van der Waals surface area (Å²) in [6.45, 7) is 2.58. The average Bonchev–Trinajstić information content (AvgIpc) is 2.89. The van der Waals surface area contributed by atoms with Crippen LogP contribution in [0.25, 0.3) is 11.1 Å². The summed E-state index contributed by atoms with van der Waals surface area (Å²) in [5, 5.41) is 0. The number of aromatic nitrogens is 1. The van der Waals surface area contributed by atoms with Crippen LogP contribution in [-0.2, 0) is 4.74 Å². The number of carbonyl (C=O) groups excluding carboxylic acids is 1. The minimum absolute atomic E-state index is 0.243. The van der Waals surface area contributed by atoms with E-state index < -0.39 is 0 Å². The molecule has 0 radical (unpaired) electrons. The van der Waals surface area contributed by atoms with E-state index in [1.807, 2.05) is 12.1 Å². The van der Waals surface area contributed by atoms with Gasteiger partial charge in [0.15, 0.2) is 11.5 Å². The van der Waals surface area contributed by atoms with Crippen LogP contribution in [0.15, 0.2) is 22.6 Å². The largest absolute Gasteiger partial charge is 0.443 e. The molecule has 6 heteroatoms. The molecule has 1 unspecified atom stereocenters. The number of benzene rings is 1. The summed E-state index contributed by atoms with van der Waals surface area (Å²) in [5.41, 5.74) is 7.68. The number of ether oxygens (including phenoxy) is 1. The Hall–Kier alpha value is -2.08. The molecule has 2 N–H and O–H groups in total. The van der Waals surface area contributed by atoms with Crippen LogP contribution in [0.2, 0.25) is 0 Å². The molecule has 1 aromatic heterocycles. The summed E-state index contributed by atoms with van der Waals surface area (Å²) in [4.78, 5) is 17.5. The number of fused-ring (bicyclic) bond motifs is 1. The molecule has 3 rings (SSSR count). The molecule has 2 heterocycles. The summed E-state index contributed by atoms with van der Waals surface area (Å²) in [7, 11) is 0. The second kappa shape index (κ2) is 3.99. The molecule has 1 saturated heterocycles. The quantitative estimate of drug-likeness (QED) is 0.867. The van der Waals surface area contributed by atoms with Crippen molar-refractivity contribution >= 4 is 22.9 Å². The van der Waals surface area contributed by atoms with E-state index in [0.29, 0.717) is 24.6 Å². The molecule has 0 aliphatic carbocycles. The highest BCUT2D eigenvalue weighted by Gasteiger charge is 2.31. The lowest BCUT2D eigenvalue weighted by Crippen LogP contribution is -2.27. The van der Waals surface area contributed by atoms with Gasteiger partial charge in [-0.1, -0.05) is 0 Å². The van der Waals surface area contributed by atoms with Gasteiger partial charge < -0.3 is 14.9 Å². The first-order chi connectivity index (χ1) is 8.67. The number of hydrogen-bond donors (Lipinski definition) is 1. The average molecular weight is 247 g/mol. The van der Waals surface area contributed by atoms with E-state index in [-0.39, 0.29) is 12.2 Å². The Morgan fingerprint density at radius 3 is 3.11 bits per heavy atom. The van der Waals surface area contributed by atoms with Crippen molar-refractivity contribution in [3.63, 3.8) is 0 Å². The number of cyclic esters (lactones) is 1. The Bertz CT molecular complexity index is 608. The maximum atomic E-state index is 11.7. The molecular weight excluding hydrogens is 234 g/mol. The smallest absolute Gasteiger partial charge is 0.414 e. The fraction of sp³-hybridized carbons (Fsp3) is 0.333. The van der Waals surface area contributed by atoms with Gasteiger partial charge in [-0.25, -0.2) is 9.78 Å². The van der Waals surface area contributed by atoms with Crippen LogP contribution < -0.4 is 10.6 Å². The third-order valence-corrected chi connectivity index (χ3v) is 2.93. The first kappa shape index (κ1) is 11.0. The van der Waals surface area contributed by atoms with Crippen molar-refractivity contribution in [3.05, 3.63) is 24.1 Å². The molecule has 1 aliphatic rings. The zero-order chi connectivity index (χ0) is 12.7. The van der Waals surface area contributed by atoms with Crippen LogP contribution in [0.5, 0.6) is 0 Å². The SMILES string of the molecule is Cc1nc2cc(N3CC(CN)OC3=O)ccc2o1. The highest BCUT2D eigenvalue weighted by molar-refractivity contribution is 5.92. The fourth-order valence-electron chi connectivity index (χ4n) is 2.05. The van der Waals surface area contributed by atoms with Gasteiger partial charge in [-0.15, -0.1) is 0 Å². The predicted octanol–water partition coefficient (Wildman–Crippen LogP) is 1.42. The van der Waals surface area contributed by atoms with Gasteiger partial charge in [-0.2, -0.15) is 0 Å². The second-order valence-electron chi connectivity index (χ2n) is 4.24. The zero-order valence-electron chi connectivity index (χ0n) is 9.92. The van der Waals surface area contributed by atoms with Crippen molar-refractivity contribution < 1.29 is 13.9 Å². The Labute approximate surface area is 103 Å². The summed E-state index contributed by atoms with van der Waals surface area (Å²) in [5.74, 6) is 0.603. The predicted molar refractivity (Wildman–Crippen MR) is 65.4 cm³/mol. The number of oxazole rings is 1. The van der Waals surface area contributed by atoms with Gasteiger partial charge >= 0.3 is 6.09 Å². The lowest BCUT2D eigenvalue weighted by Gasteiger charge is -2.12. The third kappa shape index (κ3) is 1.70. The Balaban J connectivity index is 1.96. The molecule has 1 aromatic carbocycles. The molecule has 0 saturated carbocycles. The molecule has 2 aromatic rings. The van der Waals surface area contributed by atoms with Crippen LogP contribution in [0.4, 0.5) is 10.5 Å². The van der Waals surface area contributed by atoms with Crippen molar-refractivity contribution in [2.75, 3.05) is 18.0 Å². The zero-order valence-corrected chi connectivity index (χ0v) is 9.92. The van der Waals surface area contributed by atoms with Gasteiger partial charge in [-0.05, 0) is 18.2 Å². The number of nitrogens with two attached hydrogens (primary N) is 1.